The molecule has 0 saturated carbocycles. The number of aryl methyl sites for hydroxylation is 1. The van der Waals surface area contributed by atoms with Crippen molar-refractivity contribution in [3.8, 4) is 17.1 Å². The molecule has 126 valence electrons. The number of nitrogens with zero attached hydrogens (tertiary/aromatic N) is 2. The summed E-state index contributed by atoms with van der Waals surface area (Å²) in [6.07, 6.45) is 0. The summed E-state index contributed by atoms with van der Waals surface area (Å²) in [7, 11) is -5.17. The van der Waals surface area contributed by atoms with Crippen LogP contribution in [0.4, 0.5) is 9.57 Å². The van der Waals surface area contributed by atoms with Crippen molar-refractivity contribution in [2.24, 2.45) is 0 Å². The third kappa shape index (κ3) is 3.02. The number of para-hydroxylation sites is 1. The summed E-state index contributed by atoms with van der Waals surface area (Å²) in [4.78, 5) is 4.52. The Morgan fingerprint density at radius 1 is 1.33 bits per heavy atom. The van der Waals surface area contributed by atoms with Crippen molar-refractivity contribution in [1.82, 2.24) is 9.55 Å². The van der Waals surface area contributed by atoms with Gasteiger partial charge in [-0.05, 0) is 37.3 Å². The predicted octanol–water partition coefficient (Wildman–Crippen LogP) is 3.55. The van der Waals surface area contributed by atoms with Gasteiger partial charge >= 0.3 is 10.5 Å². The van der Waals surface area contributed by atoms with Crippen molar-refractivity contribution in [3.05, 3.63) is 41.4 Å². The molecule has 0 spiro atoms. The van der Waals surface area contributed by atoms with Crippen LogP contribution >= 0.6 is 11.6 Å². The summed E-state index contributed by atoms with van der Waals surface area (Å²) >= 11 is 6.25. The Hall–Kier alpha value is -2.32. The number of halogens is 2. The predicted molar refractivity (Wildman–Crippen MR) is 90.9 cm³/mol. The highest BCUT2D eigenvalue weighted by molar-refractivity contribution is 7.81. The van der Waals surface area contributed by atoms with E-state index in [2.05, 4.69) is 9.17 Å². The largest absolute Gasteiger partial charge is 0.488 e. The number of anilines is 1. The fourth-order valence-corrected chi connectivity index (χ4v) is 3.15. The molecule has 3 rings (SSSR count). The molecule has 2 N–H and O–H groups in total. The normalized spacial score (nSPS) is 11.8. The summed E-state index contributed by atoms with van der Waals surface area (Å²) in [5.74, 6) is 0.248. The van der Waals surface area contributed by atoms with Gasteiger partial charge in [0, 0.05) is 12.1 Å². The molecule has 3 aromatic rings. The van der Waals surface area contributed by atoms with Crippen molar-refractivity contribution in [3.63, 3.8) is 0 Å². The van der Waals surface area contributed by atoms with Crippen molar-refractivity contribution in [1.29, 1.82) is 0 Å². The van der Waals surface area contributed by atoms with Crippen LogP contribution in [0.1, 0.15) is 6.92 Å². The molecule has 0 unspecified atom stereocenters. The molecule has 1 aromatic heterocycles. The Morgan fingerprint density at radius 3 is 2.75 bits per heavy atom. The van der Waals surface area contributed by atoms with E-state index in [1.165, 1.54) is 12.1 Å². The number of imidazole rings is 1. The fourth-order valence-electron chi connectivity index (χ4n) is 2.52. The minimum Gasteiger partial charge on any atom is -0.396 e. The van der Waals surface area contributed by atoms with Crippen LogP contribution in [0.3, 0.4) is 0 Å². The van der Waals surface area contributed by atoms with Gasteiger partial charge in [-0.25, -0.2) is 4.98 Å². The van der Waals surface area contributed by atoms with Gasteiger partial charge in [0.15, 0.2) is 5.75 Å². The lowest BCUT2D eigenvalue weighted by molar-refractivity contribution is 0.441. The minimum absolute atomic E-state index is 0.00262. The summed E-state index contributed by atoms with van der Waals surface area (Å²) < 4.78 is 40.4. The Bertz CT molecular complexity index is 1030. The molecule has 0 amide bonds. The molecule has 2 aromatic carbocycles. The molecule has 0 saturated heterocycles. The number of nitrogen functional groups attached to an aromatic ring is 1. The van der Waals surface area contributed by atoms with E-state index in [0.717, 1.165) is 5.52 Å². The molecular weight excluding hydrogens is 357 g/mol. The highest BCUT2D eigenvalue weighted by Gasteiger charge is 2.17. The van der Waals surface area contributed by atoms with Crippen LogP contribution in [0, 0.1) is 0 Å². The Kier molecular flexibility index (Phi) is 4.10. The van der Waals surface area contributed by atoms with Crippen LogP contribution in [-0.2, 0) is 17.0 Å². The number of rotatable bonds is 4. The zero-order chi connectivity index (χ0) is 17.5. The van der Waals surface area contributed by atoms with Gasteiger partial charge in [0.1, 0.15) is 5.82 Å². The van der Waals surface area contributed by atoms with Gasteiger partial charge < -0.3 is 14.5 Å². The molecular formula is C15H13ClFN3O3S. The second-order valence-electron chi connectivity index (χ2n) is 5.02. The lowest BCUT2D eigenvalue weighted by Gasteiger charge is -2.09. The minimum atomic E-state index is -5.17. The highest BCUT2D eigenvalue weighted by Crippen LogP contribution is 2.33. The molecule has 0 fully saturated rings. The first-order valence-electron chi connectivity index (χ1n) is 6.99. The van der Waals surface area contributed by atoms with E-state index in [-0.39, 0.29) is 11.4 Å². The summed E-state index contributed by atoms with van der Waals surface area (Å²) in [5.41, 5.74) is 7.61. The van der Waals surface area contributed by atoms with Crippen LogP contribution in [0.5, 0.6) is 5.75 Å². The summed E-state index contributed by atoms with van der Waals surface area (Å²) in [6.45, 7) is 2.51. The number of fused-ring (bicyclic) bond motifs is 1. The molecule has 0 aliphatic carbocycles. The van der Waals surface area contributed by atoms with Gasteiger partial charge in [-0.1, -0.05) is 21.6 Å². The molecule has 6 nitrogen and oxygen atoms in total. The number of hydrogen-bond donors (Lipinski definition) is 1. The van der Waals surface area contributed by atoms with Gasteiger partial charge in [-0.3, -0.25) is 0 Å². The van der Waals surface area contributed by atoms with E-state index in [9.17, 15) is 12.3 Å². The monoisotopic (exact) mass is 369 g/mol. The Labute approximate surface area is 143 Å². The van der Waals surface area contributed by atoms with Crippen molar-refractivity contribution in [2.45, 2.75) is 13.5 Å². The van der Waals surface area contributed by atoms with Crippen LogP contribution in [0.2, 0.25) is 5.02 Å². The van der Waals surface area contributed by atoms with Crippen LogP contribution < -0.4 is 9.92 Å². The number of hydrogen-bond acceptors (Lipinski definition) is 5. The zero-order valence-electron chi connectivity index (χ0n) is 12.5. The third-order valence-corrected chi connectivity index (χ3v) is 4.18. The van der Waals surface area contributed by atoms with Crippen molar-refractivity contribution >= 4 is 38.8 Å². The second-order valence-corrected chi connectivity index (χ2v) is 6.38. The van der Waals surface area contributed by atoms with E-state index in [4.69, 9.17) is 17.3 Å². The quantitative estimate of drug-likeness (QED) is 0.561. The average molecular weight is 370 g/mol. The van der Waals surface area contributed by atoms with Gasteiger partial charge in [-0.15, -0.1) is 0 Å². The van der Waals surface area contributed by atoms with Crippen LogP contribution in [0.15, 0.2) is 36.4 Å². The second kappa shape index (κ2) is 5.95. The standard InChI is InChI=1S/C15H13ClFN3O3S/c1-2-20-14-10(16)4-3-5-12(14)19-15(20)9-6-7-11(18)13(8-9)23-24(17,21)22/h3-8H,2,18H2,1H3. The van der Waals surface area contributed by atoms with Crippen molar-refractivity contribution < 1.29 is 16.5 Å². The maximum Gasteiger partial charge on any atom is 0.488 e. The van der Waals surface area contributed by atoms with Crippen LogP contribution in [0.25, 0.3) is 22.4 Å². The Morgan fingerprint density at radius 2 is 2.08 bits per heavy atom. The lowest BCUT2D eigenvalue weighted by Crippen LogP contribution is -2.04. The smallest absolute Gasteiger partial charge is 0.396 e. The topological polar surface area (TPSA) is 87.2 Å². The molecule has 0 aliphatic rings. The van der Waals surface area contributed by atoms with E-state index >= 15 is 0 Å². The average Bonchev–Trinajstić information content (AvgIpc) is 2.88. The molecule has 0 atom stereocenters. The zero-order valence-corrected chi connectivity index (χ0v) is 14.1. The molecule has 9 heteroatoms. The fraction of sp³-hybridized carbons (Fsp3) is 0.133. The SMILES string of the molecule is CCn1c(-c2ccc(N)c(OS(=O)(=O)F)c2)nc2cccc(Cl)c21. The van der Waals surface area contributed by atoms with Gasteiger partial charge in [0.05, 0.1) is 21.7 Å². The molecule has 1 heterocycles. The van der Waals surface area contributed by atoms with Gasteiger partial charge in [0.2, 0.25) is 0 Å². The maximum absolute atomic E-state index is 12.8. The Balaban J connectivity index is 2.21. The molecule has 0 radical (unpaired) electrons. The number of benzene rings is 2. The summed E-state index contributed by atoms with van der Waals surface area (Å²) in [5, 5.41) is 0.548. The van der Waals surface area contributed by atoms with Crippen LogP contribution in [-0.4, -0.2) is 18.0 Å². The number of nitrogens with two attached hydrogens (primary N) is 1. The van der Waals surface area contributed by atoms with E-state index in [0.29, 0.717) is 28.5 Å². The lowest BCUT2D eigenvalue weighted by atomic mass is 10.2. The highest BCUT2D eigenvalue weighted by atomic mass is 35.5. The van der Waals surface area contributed by atoms with E-state index in [1.807, 2.05) is 17.6 Å². The first-order valence-corrected chi connectivity index (χ1v) is 8.67. The molecule has 0 aliphatic heterocycles. The first-order chi connectivity index (χ1) is 11.3. The van der Waals surface area contributed by atoms with E-state index < -0.39 is 10.5 Å². The van der Waals surface area contributed by atoms with Gasteiger partial charge in [-0.2, -0.15) is 8.42 Å². The van der Waals surface area contributed by atoms with E-state index in [1.54, 1.807) is 18.2 Å². The maximum atomic E-state index is 12.8. The summed E-state index contributed by atoms with van der Waals surface area (Å²) in [6, 6.07) is 9.76. The third-order valence-electron chi connectivity index (χ3n) is 3.49. The van der Waals surface area contributed by atoms with Gasteiger partial charge in [0.25, 0.3) is 0 Å². The molecule has 0 bridgehead atoms. The number of aromatic nitrogens is 2. The van der Waals surface area contributed by atoms with Crippen molar-refractivity contribution in [2.75, 3.05) is 5.73 Å². The molecule has 24 heavy (non-hydrogen) atoms. The first kappa shape index (κ1) is 16.5.